The van der Waals surface area contributed by atoms with E-state index in [0.717, 1.165) is 31.5 Å². The molecule has 1 amide bonds. The number of halogens is 2. The van der Waals surface area contributed by atoms with E-state index in [1.165, 1.54) is 0 Å². The Hall–Kier alpha value is -1.59. The minimum atomic E-state index is -0.0947. The summed E-state index contributed by atoms with van der Waals surface area (Å²) < 4.78 is 7.21. The molecular formula is C17H13Br2NO2. The lowest BCUT2D eigenvalue weighted by Gasteiger charge is -2.04. The Morgan fingerprint density at radius 1 is 1.18 bits per heavy atom. The Morgan fingerprint density at radius 2 is 1.91 bits per heavy atom. The summed E-state index contributed by atoms with van der Waals surface area (Å²) in [4.78, 5) is 12.2. The van der Waals surface area contributed by atoms with E-state index in [0.29, 0.717) is 12.2 Å². The molecule has 0 radical (unpaired) electrons. The molecule has 2 aromatic rings. The second kappa shape index (κ2) is 6.26. The second-order valence-corrected chi connectivity index (χ2v) is 6.59. The van der Waals surface area contributed by atoms with Crippen molar-refractivity contribution < 1.29 is 9.53 Å². The zero-order chi connectivity index (χ0) is 15.7. The van der Waals surface area contributed by atoms with E-state index in [2.05, 4.69) is 37.2 Å². The topological polar surface area (TPSA) is 38.3 Å². The van der Waals surface area contributed by atoms with Crippen molar-refractivity contribution in [3.63, 3.8) is 0 Å². The number of benzene rings is 2. The molecule has 1 heterocycles. The number of carbonyl (C=O) groups is 1. The van der Waals surface area contributed by atoms with Crippen molar-refractivity contribution in [1.82, 2.24) is 0 Å². The first-order chi connectivity index (χ1) is 10.6. The van der Waals surface area contributed by atoms with Crippen LogP contribution in [0.4, 0.5) is 5.69 Å². The minimum Gasteiger partial charge on any atom is -0.494 e. The van der Waals surface area contributed by atoms with E-state index >= 15 is 0 Å². The number of ether oxygens (including phenoxy) is 1. The number of hydrogen-bond donors (Lipinski definition) is 1. The molecule has 3 rings (SSSR count). The van der Waals surface area contributed by atoms with Crippen LogP contribution in [0.15, 0.2) is 45.3 Å². The van der Waals surface area contributed by atoms with Crippen LogP contribution in [0.25, 0.3) is 11.6 Å². The Balaban J connectivity index is 2.00. The van der Waals surface area contributed by atoms with Crippen LogP contribution in [0.3, 0.4) is 0 Å². The van der Waals surface area contributed by atoms with Gasteiger partial charge in [-0.1, -0.05) is 28.1 Å². The molecular weight excluding hydrogens is 410 g/mol. The summed E-state index contributed by atoms with van der Waals surface area (Å²) in [5, 5.41) is 2.90. The average Bonchev–Trinajstić information content (AvgIpc) is 2.79. The fraction of sp³-hybridized carbons (Fsp3) is 0.118. The normalized spacial score (nSPS) is 14.9. The second-order valence-electron chi connectivity index (χ2n) is 4.82. The quantitative estimate of drug-likeness (QED) is 0.698. The third-order valence-electron chi connectivity index (χ3n) is 3.33. The number of rotatable bonds is 3. The molecule has 0 aliphatic carbocycles. The summed E-state index contributed by atoms with van der Waals surface area (Å²) in [6.07, 6.45) is 1.88. The first-order valence-electron chi connectivity index (χ1n) is 6.84. The third kappa shape index (κ3) is 2.96. The first-order valence-corrected chi connectivity index (χ1v) is 8.42. The molecule has 0 fully saturated rings. The van der Waals surface area contributed by atoms with Crippen molar-refractivity contribution in [1.29, 1.82) is 0 Å². The van der Waals surface area contributed by atoms with Gasteiger partial charge in [-0.15, -0.1) is 0 Å². The SMILES string of the molecule is CCOc1ccc(/C=C2\C(=O)Nc3c(Br)cc(Br)cc32)cc1. The summed E-state index contributed by atoms with van der Waals surface area (Å²) in [5.74, 6) is 0.731. The highest BCUT2D eigenvalue weighted by molar-refractivity contribution is 9.11. The van der Waals surface area contributed by atoms with Crippen molar-refractivity contribution >= 4 is 55.1 Å². The van der Waals surface area contributed by atoms with Crippen LogP contribution in [0.5, 0.6) is 5.75 Å². The minimum absolute atomic E-state index is 0.0947. The van der Waals surface area contributed by atoms with Crippen LogP contribution in [0.1, 0.15) is 18.1 Å². The van der Waals surface area contributed by atoms with E-state index in [1.807, 2.05) is 49.4 Å². The number of fused-ring (bicyclic) bond motifs is 1. The zero-order valence-electron chi connectivity index (χ0n) is 11.8. The maximum absolute atomic E-state index is 12.2. The van der Waals surface area contributed by atoms with Crippen LogP contribution in [-0.4, -0.2) is 12.5 Å². The third-order valence-corrected chi connectivity index (χ3v) is 4.41. The lowest BCUT2D eigenvalue weighted by Crippen LogP contribution is -2.03. The van der Waals surface area contributed by atoms with E-state index in [4.69, 9.17) is 4.74 Å². The van der Waals surface area contributed by atoms with Crippen LogP contribution in [-0.2, 0) is 4.79 Å². The van der Waals surface area contributed by atoms with Gasteiger partial charge in [-0.05, 0) is 58.8 Å². The van der Waals surface area contributed by atoms with E-state index in [-0.39, 0.29) is 5.91 Å². The van der Waals surface area contributed by atoms with Gasteiger partial charge in [0.1, 0.15) is 5.75 Å². The predicted molar refractivity (Wildman–Crippen MR) is 96.0 cm³/mol. The van der Waals surface area contributed by atoms with Gasteiger partial charge in [-0.2, -0.15) is 0 Å². The fourth-order valence-corrected chi connectivity index (χ4v) is 3.68. The first kappa shape index (κ1) is 15.3. The molecule has 0 bridgehead atoms. The number of amides is 1. The van der Waals surface area contributed by atoms with Crippen molar-refractivity contribution in [3.05, 3.63) is 56.5 Å². The molecule has 2 aromatic carbocycles. The van der Waals surface area contributed by atoms with Gasteiger partial charge in [0.25, 0.3) is 5.91 Å². The predicted octanol–water partition coefficient (Wildman–Crippen LogP) is 5.10. The summed E-state index contributed by atoms with van der Waals surface area (Å²) >= 11 is 6.94. The molecule has 0 aromatic heterocycles. The van der Waals surface area contributed by atoms with Gasteiger partial charge in [0.05, 0.1) is 12.3 Å². The lowest BCUT2D eigenvalue weighted by atomic mass is 10.0. The average molecular weight is 423 g/mol. The zero-order valence-corrected chi connectivity index (χ0v) is 15.0. The Morgan fingerprint density at radius 3 is 2.59 bits per heavy atom. The molecule has 0 atom stereocenters. The standard InChI is InChI=1S/C17H13Br2NO2/c1-2-22-12-5-3-10(4-6-12)7-14-13-8-11(18)9-15(19)16(13)20-17(14)21/h3-9H,2H2,1H3,(H,20,21)/b14-7-. The lowest BCUT2D eigenvalue weighted by molar-refractivity contribution is -0.110. The molecule has 1 N–H and O–H groups in total. The van der Waals surface area contributed by atoms with Crippen molar-refractivity contribution in [2.24, 2.45) is 0 Å². The van der Waals surface area contributed by atoms with Gasteiger partial charge in [-0.25, -0.2) is 0 Å². The smallest absolute Gasteiger partial charge is 0.256 e. The van der Waals surface area contributed by atoms with Crippen molar-refractivity contribution in [2.75, 3.05) is 11.9 Å². The Bertz CT molecular complexity index is 767. The fourth-order valence-electron chi connectivity index (χ4n) is 2.35. The van der Waals surface area contributed by atoms with E-state index in [1.54, 1.807) is 0 Å². The number of carbonyl (C=O) groups excluding carboxylic acids is 1. The van der Waals surface area contributed by atoms with Crippen LogP contribution >= 0.6 is 31.9 Å². The number of hydrogen-bond acceptors (Lipinski definition) is 2. The molecule has 1 aliphatic rings. The maximum Gasteiger partial charge on any atom is 0.256 e. The van der Waals surface area contributed by atoms with Crippen molar-refractivity contribution in [2.45, 2.75) is 6.92 Å². The van der Waals surface area contributed by atoms with Crippen molar-refractivity contribution in [3.8, 4) is 5.75 Å². The largest absolute Gasteiger partial charge is 0.494 e. The molecule has 0 unspecified atom stereocenters. The van der Waals surface area contributed by atoms with Gasteiger partial charge >= 0.3 is 0 Å². The highest BCUT2D eigenvalue weighted by atomic mass is 79.9. The molecule has 22 heavy (non-hydrogen) atoms. The van der Waals surface area contributed by atoms with E-state index in [9.17, 15) is 4.79 Å². The van der Waals surface area contributed by atoms with Gasteiger partial charge in [0, 0.05) is 20.1 Å². The summed E-state index contributed by atoms with van der Waals surface area (Å²) in [6, 6.07) is 11.5. The number of nitrogens with one attached hydrogen (secondary N) is 1. The van der Waals surface area contributed by atoms with E-state index < -0.39 is 0 Å². The molecule has 5 heteroatoms. The highest BCUT2D eigenvalue weighted by Crippen LogP contribution is 2.40. The van der Waals surface area contributed by atoms with Gasteiger partial charge in [0.2, 0.25) is 0 Å². The molecule has 0 saturated heterocycles. The van der Waals surface area contributed by atoms with Gasteiger partial charge < -0.3 is 10.1 Å². The summed E-state index contributed by atoms with van der Waals surface area (Å²) in [6.45, 7) is 2.59. The van der Waals surface area contributed by atoms with Gasteiger partial charge in [-0.3, -0.25) is 4.79 Å². The molecule has 0 saturated carbocycles. The molecule has 3 nitrogen and oxygen atoms in total. The van der Waals surface area contributed by atoms with Crippen LogP contribution in [0, 0.1) is 0 Å². The highest BCUT2D eigenvalue weighted by Gasteiger charge is 2.26. The van der Waals surface area contributed by atoms with Crippen LogP contribution < -0.4 is 10.1 Å². The Kier molecular flexibility index (Phi) is 4.36. The van der Waals surface area contributed by atoms with Crippen LogP contribution in [0.2, 0.25) is 0 Å². The summed E-state index contributed by atoms with van der Waals surface area (Å²) in [5.41, 5.74) is 3.31. The number of anilines is 1. The summed E-state index contributed by atoms with van der Waals surface area (Å²) in [7, 11) is 0. The maximum atomic E-state index is 12.2. The van der Waals surface area contributed by atoms with Gasteiger partial charge in [0.15, 0.2) is 0 Å². The molecule has 112 valence electrons. The Labute approximate surface area is 145 Å². The molecule has 1 aliphatic heterocycles. The molecule has 0 spiro atoms. The monoisotopic (exact) mass is 421 g/mol.